The van der Waals surface area contributed by atoms with Crippen LogP contribution in [-0.4, -0.2) is 25.6 Å². The molecule has 0 spiro atoms. The van der Waals surface area contributed by atoms with E-state index < -0.39 is 11.7 Å². The Morgan fingerprint density at radius 1 is 1.24 bits per heavy atom. The summed E-state index contributed by atoms with van der Waals surface area (Å²) in [5, 5.41) is 4.06. The first-order valence-electron chi connectivity index (χ1n) is 9.47. The number of rotatable bonds is 4. The van der Waals surface area contributed by atoms with E-state index in [1.165, 1.54) is 6.07 Å². The van der Waals surface area contributed by atoms with Gasteiger partial charge in [0, 0.05) is 30.1 Å². The van der Waals surface area contributed by atoms with E-state index in [4.69, 9.17) is 20.8 Å². The van der Waals surface area contributed by atoms with Gasteiger partial charge in [0.25, 0.3) is 5.91 Å². The number of carbonyl (C=O) groups is 1. The fourth-order valence-corrected chi connectivity index (χ4v) is 3.95. The minimum Gasteiger partial charge on any atom is -0.477 e. The van der Waals surface area contributed by atoms with E-state index in [0.29, 0.717) is 29.4 Å². The van der Waals surface area contributed by atoms with Crippen LogP contribution in [0.4, 0.5) is 5.69 Å². The minimum absolute atomic E-state index is 0.197. The lowest BCUT2D eigenvalue weighted by molar-refractivity contribution is -0.127. The molecule has 0 radical (unpaired) electrons. The van der Waals surface area contributed by atoms with Gasteiger partial charge in [-0.2, -0.15) is 0 Å². The highest BCUT2D eigenvalue weighted by atomic mass is 35.5. The lowest BCUT2D eigenvalue weighted by atomic mass is 10.0. The van der Waals surface area contributed by atoms with Crippen LogP contribution < -0.4 is 20.6 Å². The number of fused-ring (bicyclic) bond motifs is 2. The third kappa shape index (κ3) is 3.68. The van der Waals surface area contributed by atoms with Gasteiger partial charge >= 0.3 is 5.63 Å². The second-order valence-corrected chi connectivity index (χ2v) is 7.36. The molecule has 0 aliphatic carbocycles. The van der Waals surface area contributed by atoms with Crippen molar-refractivity contribution in [3.05, 3.63) is 69.0 Å². The lowest BCUT2D eigenvalue weighted by Gasteiger charge is -2.35. The Labute approximate surface area is 173 Å². The van der Waals surface area contributed by atoms with E-state index in [1.54, 1.807) is 7.05 Å². The first kappa shape index (κ1) is 19.3. The maximum atomic E-state index is 12.2. The summed E-state index contributed by atoms with van der Waals surface area (Å²) in [6.45, 7) is 2.77. The molecular formula is C22H21ClN2O4. The van der Waals surface area contributed by atoms with Crippen molar-refractivity contribution in [3.63, 3.8) is 0 Å². The number of aryl methyl sites for hydroxylation is 1. The van der Waals surface area contributed by atoms with Crippen LogP contribution in [0.5, 0.6) is 5.75 Å². The summed E-state index contributed by atoms with van der Waals surface area (Å²) in [5.74, 6) is 0.434. The van der Waals surface area contributed by atoms with Gasteiger partial charge in [0.05, 0.1) is 12.2 Å². The van der Waals surface area contributed by atoms with Crippen LogP contribution in [0.25, 0.3) is 11.0 Å². The van der Waals surface area contributed by atoms with E-state index in [1.807, 2.05) is 48.2 Å². The highest BCUT2D eigenvalue weighted by Crippen LogP contribution is 2.35. The molecule has 2 aromatic carbocycles. The van der Waals surface area contributed by atoms with E-state index in [-0.39, 0.29) is 5.91 Å². The molecule has 0 saturated heterocycles. The monoisotopic (exact) mass is 412 g/mol. The van der Waals surface area contributed by atoms with Crippen LogP contribution in [0.15, 0.2) is 51.7 Å². The molecule has 1 atom stereocenters. The third-order valence-electron chi connectivity index (χ3n) is 5.14. The van der Waals surface area contributed by atoms with Gasteiger partial charge in [-0.1, -0.05) is 30.7 Å². The van der Waals surface area contributed by atoms with Crippen LogP contribution in [0.3, 0.4) is 0 Å². The summed E-state index contributed by atoms with van der Waals surface area (Å²) < 4.78 is 11.3. The number of ether oxygens (including phenoxy) is 1. The highest BCUT2D eigenvalue weighted by molar-refractivity contribution is 6.32. The van der Waals surface area contributed by atoms with Crippen molar-refractivity contribution in [2.45, 2.75) is 26.0 Å². The van der Waals surface area contributed by atoms with Gasteiger partial charge in [-0.05, 0) is 41.8 Å². The van der Waals surface area contributed by atoms with Crippen LogP contribution >= 0.6 is 11.6 Å². The number of para-hydroxylation sites is 2. The van der Waals surface area contributed by atoms with Crippen LogP contribution in [-0.2, 0) is 17.8 Å². The Kier molecular flexibility index (Phi) is 5.20. The molecule has 6 nitrogen and oxygen atoms in total. The Hall–Kier alpha value is -2.99. The zero-order valence-electron chi connectivity index (χ0n) is 16.2. The summed E-state index contributed by atoms with van der Waals surface area (Å²) in [6.07, 6.45) is 0.101. The fourth-order valence-electron chi connectivity index (χ4n) is 3.65. The molecule has 1 aliphatic rings. The number of benzene rings is 2. The molecule has 1 amide bonds. The van der Waals surface area contributed by atoms with Gasteiger partial charge in [0.1, 0.15) is 11.3 Å². The number of halogens is 1. The van der Waals surface area contributed by atoms with E-state index in [0.717, 1.165) is 28.6 Å². The number of nitrogens with one attached hydrogen (secondary N) is 1. The largest absolute Gasteiger partial charge is 0.477 e. The average Bonchev–Trinajstić information content (AvgIpc) is 2.73. The molecule has 0 fully saturated rings. The Morgan fingerprint density at radius 3 is 2.79 bits per heavy atom. The average molecular weight is 413 g/mol. The second-order valence-electron chi connectivity index (χ2n) is 6.95. The smallest absolute Gasteiger partial charge is 0.336 e. The quantitative estimate of drug-likeness (QED) is 0.664. The van der Waals surface area contributed by atoms with Crippen molar-refractivity contribution < 1.29 is 13.9 Å². The topological polar surface area (TPSA) is 71.8 Å². The summed E-state index contributed by atoms with van der Waals surface area (Å²) >= 11 is 6.42. The van der Waals surface area contributed by atoms with Gasteiger partial charge in [0.15, 0.2) is 6.10 Å². The van der Waals surface area contributed by atoms with Crippen molar-refractivity contribution >= 4 is 34.2 Å². The van der Waals surface area contributed by atoms with Crippen LogP contribution in [0.1, 0.15) is 18.1 Å². The maximum absolute atomic E-state index is 12.2. The zero-order valence-corrected chi connectivity index (χ0v) is 17.0. The van der Waals surface area contributed by atoms with Gasteiger partial charge in [-0.25, -0.2) is 4.79 Å². The second kappa shape index (κ2) is 7.79. The standard InChI is InChI=1S/C22H21ClN2O4/c1-3-13-8-19-15(10-16(13)23)14(9-21(26)29-19)11-25-12-20(22(27)24-2)28-18-7-5-4-6-17(18)25/h4-10,20H,3,11-12H2,1-2H3,(H,24,27). The number of carbonyl (C=O) groups excluding carboxylic acids is 1. The minimum atomic E-state index is -0.642. The molecule has 0 saturated carbocycles. The highest BCUT2D eigenvalue weighted by Gasteiger charge is 2.30. The molecule has 1 unspecified atom stereocenters. The zero-order chi connectivity index (χ0) is 20.5. The molecule has 29 heavy (non-hydrogen) atoms. The number of anilines is 1. The van der Waals surface area contributed by atoms with Crippen LogP contribution in [0.2, 0.25) is 5.02 Å². The lowest BCUT2D eigenvalue weighted by Crippen LogP contribution is -2.48. The normalized spacial score (nSPS) is 15.7. The van der Waals surface area contributed by atoms with Crippen molar-refractivity contribution in [2.75, 3.05) is 18.5 Å². The molecule has 3 aromatic rings. The summed E-state index contributed by atoms with van der Waals surface area (Å²) in [6, 6.07) is 12.7. The fraction of sp³-hybridized carbons (Fsp3) is 0.273. The summed E-state index contributed by atoms with van der Waals surface area (Å²) in [7, 11) is 1.58. The number of amides is 1. The van der Waals surface area contributed by atoms with Gasteiger partial charge in [-0.15, -0.1) is 0 Å². The van der Waals surface area contributed by atoms with E-state index in [2.05, 4.69) is 5.32 Å². The van der Waals surface area contributed by atoms with Crippen molar-refractivity contribution in [2.24, 2.45) is 0 Å². The Morgan fingerprint density at radius 2 is 2.03 bits per heavy atom. The van der Waals surface area contributed by atoms with Crippen molar-refractivity contribution in [3.8, 4) is 5.75 Å². The van der Waals surface area contributed by atoms with Crippen LogP contribution in [0, 0.1) is 0 Å². The predicted molar refractivity (Wildman–Crippen MR) is 113 cm³/mol. The number of likely N-dealkylation sites (N-methyl/N-ethyl adjacent to an activating group) is 1. The third-order valence-corrected chi connectivity index (χ3v) is 5.49. The summed E-state index contributed by atoms with van der Waals surface area (Å²) in [5.41, 5.74) is 2.67. The maximum Gasteiger partial charge on any atom is 0.336 e. The molecule has 1 aromatic heterocycles. The number of nitrogens with zero attached hydrogens (tertiary/aromatic N) is 1. The first-order chi connectivity index (χ1) is 14.0. The Bertz CT molecular complexity index is 1140. The van der Waals surface area contributed by atoms with Gasteiger partial charge in [-0.3, -0.25) is 4.79 Å². The molecule has 4 rings (SSSR count). The molecule has 1 N–H and O–H groups in total. The Balaban J connectivity index is 1.78. The first-order valence-corrected chi connectivity index (χ1v) is 9.85. The molecule has 2 heterocycles. The SMILES string of the molecule is CCc1cc2oc(=O)cc(CN3CC(C(=O)NC)Oc4ccccc43)c2cc1Cl. The molecule has 1 aliphatic heterocycles. The number of hydrogen-bond donors (Lipinski definition) is 1. The predicted octanol–water partition coefficient (Wildman–Crippen LogP) is 3.52. The van der Waals surface area contributed by atoms with Gasteiger partial charge in [0.2, 0.25) is 0 Å². The van der Waals surface area contributed by atoms with Crippen molar-refractivity contribution in [1.82, 2.24) is 5.32 Å². The molecule has 0 bridgehead atoms. The van der Waals surface area contributed by atoms with Gasteiger partial charge < -0.3 is 19.4 Å². The van der Waals surface area contributed by atoms with E-state index in [9.17, 15) is 9.59 Å². The van der Waals surface area contributed by atoms with E-state index >= 15 is 0 Å². The molecular weight excluding hydrogens is 392 g/mol. The molecule has 150 valence electrons. The van der Waals surface area contributed by atoms with Crippen molar-refractivity contribution in [1.29, 1.82) is 0 Å². The number of hydrogen-bond acceptors (Lipinski definition) is 5. The summed E-state index contributed by atoms with van der Waals surface area (Å²) in [4.78, 5) is 26.4. The molecule has 7 heteroatoms.